The van der Waals surface area contributed by atoms with Gasteiger partial charge in [-0.3, -0.25) is 29.4 Å². The summed E-state index contributed by atoms with van der Waals surface area (Å²) >= 11 is 0. The van der Waals surface area contributed by atoms with E-state index in [-0.39, 0.29) is 24.8 Å². The normalized spacial score (nSPS) is 25.5. The number of rotatable bonds is 8. The summed E-state index contributed by atoms with van der Waals surface area (Å²) in [6, 6.07) is 4.96. The van der Waals surface area contributed by atoms with Gasteiger partial charge in [-0.05, 0) is 65.0 Å². The zero-order chi connectivity index (χ0) is 22.1. The molecule has 0 radical (unpaired) electrons. The molecule has 3 aliphatic rings. The molecule has 1 atom stereocenters. The minimum absolute atomic E-state index is 0.111. The van der Waals surface area contributed by atoms with Crippen LogP contribution in [-0.2, 0) is 9.59 Å². The van der Waals surface area contributed by atoms with Crippen LogP contribution in [0.25, 0.3) is 0 Å². The zero-order valence-corrected chi connectivity index (χ0v) is 17.9. The molecule has 4 amide bonds. The Bertz CT molecular complexity index is 911. The number of hydrogen-bond donors (Lipinski definition) is 3. The maximum absolute atomic E-state index is 13.1. The van der Waals surface area contributed by atoms with Gasteiger partial charge in [-0.2, -0.15) is 0 Å². The van der Waals surface area contributed by atoms with Gasteiger partial charge in [-0.25, -0.2) is 0 Å². The molecule has 0 spiro atoms. The molecule has 31 heavy (non-hydrogen) atoms. The Morgan fingerprint density at radius 2 is 1.94 bits per heavy atom. The van der Waals surface area contributed by atoms with Gasteiger partial charge in [0.1, 0.15) is 6.04 Å². The second-order valence-corrected chi connectivity index (χ2v) is 8.58. The number of amides is 4. The highest BCUT2D eigenvalue weighted by molar-refractivity contribution is 6.25. The zero-order valence-electron chi connectivity index (χ0n) is 17.9. The van der Waals surface area contributed by atoms with Crippen LogP contribution in [0.3, 0.4) is 0 Å². The van der Waals surface area contributed by atoms with Crippen LogP contribution in [0.2, 0.25) is 0 Å². The van der Waals surface area contributed by atoms with Gasteiger partial charge in [-0.1, -0.05) is 6.07 Å². The molecule has 1 saturated heterocycles. The standard InChI is InChI=1S/C22H29N5O4/c1-23-9-4-10-26(2)14-11-13(12-14)24-16-6-3-5-15-19(16)22(31)27(21(15)30)17-7-8-18(28)25-20(17)29/h3,5-6,13-14,17,23-24H,4,7-12H2,1-2H3,(H,25,28,29)/t13-,14-,17?. The number of piperidine rings is 1. The maximum Gasteiger partial charge on any atom is 0.264 e. The van der Waals surface area contributed by atoms with E-state index in [1.54, 1.807) is 12.1 Å². The number of fused-ring (bicyclic) bond motifs is 1. The molecule has 0 bridgehead atoms. The third-order valence-electron chi connectivity index (χ3n) is 6.50. The first-order valence-corrected chi connectivity index (χ1v) is 10.9. The van der Waals surface area contributed by atoms with Crippen LogP contribution in [0.5, 0.6) is 0 Å². The van der Waals surface area contributed by atoms with E-state index in [1.807, 2.05) is 13.1 Å². The molecule has 1 aliphatic carbocycles. The molecule has 4 rings (SSSR count). The number of carbonyl (C=O) groups is 4. The number of benzene rings is 1. The second kappa shape index (κ2) is 8.76. The Hall–Kier alpha value is -2.78. The van der Waals surface area contributed by atoms with Crippen molar-refractivity contribution in [2.75, 3.05) is 32.5 Å². The fraction of sp³-hybridized carbons (Fsp3) is 0.545. The molecule has 0 aromatic heterocycles. The first-order chi connectivity index (χ1) is 14.9. The van der Waals surface area contributed by atoms with Crippen LogP contribution in [-0.4, -0.2) is 78.7 Å². The van der Waals surface area contributed by atoms with E-state index >= 15 is 0 Å². The van der Waals surface area contributed by atoms with E-state index in [2.05, 4.69) is 27.9 Å². The molecule has 1 aromatic rings. The van der Waals surface area contributed by atoms with Gasteiger partial charge in [-0.15, -0.1) is 0 Å². The van der Waals surface area contributed by atoms with Gasteiger partial charge in [0.05, 0.1) is 11.1 Å². The number of carbonyl (C=O) groups excluding carboxylic acids is 4. The number of hydrogen-bond acceptors (Lipinski definition) is 7. The van der Waals surface area contributed by atoms with Crippen molar-refractivity contribution in [1.29, 1.82) is 0 Å². The minimum atomic E-state index is -0.947. The fourth-order valence-corrected chi connectivity index (χ4v) is 4.61. The average Bonchev–Trinajstić information content (AvgIpc) is 2.96. The summed E-state index contributed by atoms with van der Waals surface area (Å²) < 4.78 is 0. The predicted molar refractivity (Wildman–Crippen MR) is 115 cm³/mol. The maximum atomic E-state index is 13.1. The Morgan fingerprint density at radius 1 is 1.16 bits per heavy atom. The summed E-state index contributed by atoms with van der Waals surface area (Å²) in [4.78, 5) is 53.1. The van der Waals surface area contributed by atoms with Crippen molar-refractivity contribution in [2.24, 2.45) is 0 Å². The van der Waals surface area contributed by atoms with Crippen LogP contribution in [0, 0.1) is 0 Å². The van der Waals surface area contributed by atoms with Crippen molar-refractivity contribution in [2.45, 2.75) is 50.2 Å². The van der Waals surface area contributed by atoms with Crippen LogP contribution in [0.4, 0.5) is 5.69 Å². The van der Waals surface area contributed by atoms with Crippen LogP contribution in [0.15, 0.2) is 18.2 Å². The van der Waals surface area contributed by atoms with Gasteiger partial charge >= 0.3 is 0 Å². The molecular formula is C22H29N5O4. The molecule has 1 aromatic carbocycles. The highest BCUT2D eigenvalue weighted by Gasteiger charge is 2.46. The summed E-state index contributed by atoms with van der Waals surface area (Å²) in [5.74, 6) is -1.93. The van der Waals surface area contributed by atoms with E-state index in [1.165, 1.54) is 0 Å². The third kappa shape index (κ3) is 4.07. The van der Waals surface area contributed by atoms with Gasteiger partial charge in [0.15, 0.2) is 0 Å². The summed E-state index contributed by atoms with van der Waals surface area (Å²) in [7, 11) is 4.09. The fourth-order valence-electron chi connectivity index (χ4n) is 4.61. The first kappa shape index (κ1) is 21.5. The monoisotopic (exact) mass is 427 g/mol. The predicted octanol–water partition coefficient (Wildman–Crippen LogP) is 0.572. The number of anilines is 1. The van der Waals surface area contributed by atoms with Crippen molar-refractivity contribution in [3.8, 4) is 0 Å². The van der Waals surface area contributed by atoms with E-state index in [4.69, 9.17) is 0 Å². The van der Waals surface area contributed by atoms with E-state index in [0.29, 0.717) is 22.9 Å². The van der Waals surface area contributed by atoms with Crippen LogP contribution in [0.1, 0.15) is 52.8 Å². The Labute approximate surface area is 181 Å². The van der Waals surface area contributed by atoms with Gasteiger partial charge in [0.2, 0.25) is 11.8 Å². The molecular weight excluding hydrogens is 398 g/mol. The van der Waals surface area contributed by atoms with E-state index < -0.39 is 23.8 Å². The lowest BCUT2D eigenvalue weighted by Crippen LogP contribution is -2.54. The van der Waals surface area contributed by atoms with Crippen LogP contribution >= 0.6 is 0 Å². The smallest absolute Gasteiger partial charge is 0.264 e. The molecule has 2 aliphatic heterocycles. The van der Waals surface area contributed by atoms with E-state index in [9.17, 15) is 19.2 Å². The van der Waals surface area contributed by atoms with E-state index in [0.717, 1.165) is 37.3 Å². The molecule has 2 fully saturated rings. The van der Waals surface area contributed by atoms with Crippen molar-refractivity contribution in [1.82, 2.24) is 20.4 Å². The molecule has 9 nitrogen and oxygen atoms in total. The highest BCUT2D eigenvalue weighted by Crippen LogP contribution is 2.35. The van der Waals surface area contributed by atoms with Crippen molar-refractivity contribution in [3.63, 3.8) is 0 Å². The summed E-state index contributed by atoms with van der Waals surface area (Å²) in [6.07, 6.45) is 3.31. The third-order valence-corrected chi connectivity index (χ3v) is 6.50. The lowest BCUT2D eigenvalue weighted by molar-refractivity contribution is -0.136. The molecule has 1 unspecified atom stereocenters. The van der Waals surface area contributed by atoms with Gasteiger partial charge < -0.3 is 15.5 Å². The molecule has 1 saturated carbocycles. The lowest BCUT2D eigenvalue weighted by Gasteiger charge is -2.42. The minimum Gasteiger partial charge on any atom is -0.382 e. The molecule has 2 heterocycles. The Kier molecular flexibility index (Phi) is 6.06. The molecule has 3 N–H and O–H groups in total. The van der Waals surface area contributed by atoms with Crippen molar-refractivity contribution >= 4 is 29.3 Å². The molecule has 9 heteroatoms. The van der Waals surface area contributed by atoms with Crippen LogP contribution < -0.4 is 16.0 Å². The second-order valence-electron chi connectivity index (χ2n) is 8.58. The lowest BCUT2D eigenvalue weighted by atomic mass is 9.85. The van der Waals surface area contributed by atoms with Crippen molar-refractivity contribution in [3.05, 3.63) is 29.3 Å². The first-order valence-electron chi connectivity index (χ1n) is 10.9. The number of nitrogens with one attached hydrogen (secondary N) is 3. The quantitative estimate of drug-likeness (QED) is 0.411. The molecule has 166 valence electrons. The SMILES string of the molecule is CNCCCN(C)[C@H]1C[C@H](Nc2cccc3c2C(=O)N(C2CCC(=O)NC2=O)C3=O)C1. The highest BCUT2D eigenvalue weighted by atomic mass is 16.2. The summed E-state index contributed by atoms with van der Waals surface area (Å²) in [6.45, 7) is 2.03. The topological polar surface area (TPSA) is 111 Å². The number of nitrogens with zero attached hydrogens (tertiary/aromatic N) is 2. The number of imide groups is 2. The Balaban J connectivity index is 1.43. The van der Waals surface area contributed by atoms with Gasteiger partial charge in [0.25, 0.3) is 11.8 Å². The average molecular weight is 428 g/mol. The summed E-state index contributed by atoms with van der Waals surface area (Å²) in [5.41, 5.74) is 1.26. The largest absolute Gasteiger partial charge is 0.382 e. The Morgan fingerprint density at radius 3 is 2.65 bits per heavy atom. The summed E-state index contributed by atoms with van der Waals surface area (Å²) in [5, 5.41) is 8.81. The van der Waals surface area contributed by atoms with Crippen molar-refractivity contribution < 1.29 is 19.2 Å². The van der Waals surface area contributed by atoms with Gasteiger partial charge in [0, 0.05) is 24.2 Å².